The summed E-state index contributed by atoms with van der Waals surface area (Å²) in [6, 6.07) is 13.9. The summed E-state index contributed by atoms with van der Waals surface area (Å²) in [6.07, 6.45) is 4.27. The molecule has 0 heterocycles. The first kappa shape index (κ1) is 14.7. The second kappa shape index (κ2) is 6.29. The molecule has 0 spiro atoms. The van der Waals surface area contributed by atoms with E-state index in [1.807, 2.05) is 12.1 Å². The molecule has 0 radical (unpaired) electrons. The van der Waals surface area contributed by atoms with Crippen molar-refractivity contribution in [1.29, 1.82) is 0 Å². The van der Waals surface area contributed by atoms with Crippen molar-refractivity contribution in [3.8, 4) is 0 Å². The van der Waals surface area contributed by atoms with Crippen molar-refractivity contribution in [2.24, 2.45) is 5.73 Å². The second-order valence-electron chi connectivity index (χ2n) is 5.81. The lowest BCUT2D eigenvalue weighted by atomic mass is 9.77. The highest BCUT2D eigenvalue weighted by atomic mass is 79.9. The van der Waals surface area contributed by atoms with Crippen LogP contribution < -0.4 is 5.73 Å². The fourth-order valence-corrected chi connectivity index (χ4v) is 3.74. The molecule has 0 saturated heterocycles. The lowest BCUT2D eigenvalue weighted by molar-refractivity contribution is 0.459. The molecule has 0 aliphatic heterocycles. The molecule has 0 saturated carbocycles. The average molecular weight is 348 g/mol. The van der Waals surface area contributed by atoms with Crippen molar-refractivity contribution in [2.45, 2.75) is 37.6 Å². The molecule has 1 aliphatic carbocycles. The van der Waals surface area contributed by atoms with E-state index in [2.05, 4.69) is 40.2 Å². The summed E-state index contributed by atoms with van der Waals surface area (Å²) in [7, 11) is 0. The number of hydrogen-bond acceptors (Lipinski definition) is 1. The van der Waals surface area contributed by atoms with Gasteiger partial charge in [-0.25, -0.2) is 4.39 Å². The molecular formula is C18H19BrFN. The molecule has 2 unspecified atom stereocenters. The maximum Gasteiger partial charge on any atom is 0.137 e. The van der Waals surface area contributed by atoms with Gasteiger partial charge in [0, 0.05) is 6.04 Å². The van der Waals surface area contributed by atoms with Gasteiger partial charge in [-0.15, -0.1) is 0 Å². The highest BCUT2D eigenvalue weighted by Gasteiger charge is 2.25. The third-order valence-corrected chi connectivity index (χ3v) is 5.00. The van der Waals surface area contributed by atoms with Gasteiger partial charge in [0.25, 0.3) is 0 Å². The van der Waals surface area contributed by atoms with Crippen LogP contribution in [0.5, 0.6) is 0 Å². The molecule has 21 heavy (non-hydrogen) atoms. The summed E-state index contributed by atoms with van der Waals surface area (Å²) in [5.41, 5.74) is 10.4. The van der Waals surface area contributed by atoms with Crippen LogP contribution in [-0.2, 0) is 12.8 Å². The van der Waals surface area contributed by atoms with Gasteiger partial charge in [0.05, 0.1) is 4.47 Å². The lowest BCUT2D eigenvalue weighted by Gasteiger charge is -2.30. The summed E-state index contributed by atoms with van der Waals surface area (Å²) >= 11 is 3.24. The first-order valence-corrected chi connectivity index (χ1v) is 8.22. The molecule has 3 rings (SSSR count). The fourth-order valence-electron chi connectivity index (χ4n) is 3.32. The predicted octanol–water partition coefficient (Wildman–Crippen LogP) is 4.58. The monoisotopic (exact) mass is 347 g/mol. The van der Waals surface area contributed by atoms with E-state index in [1.54, 1.807) is 0 Å². The largest absolute Gasteiger partial charge is 0.327 e. The standard InChI is InChI=1S/C18H19BrFN/c19-16-10-12(8-9-17(16)20)11-18(21)15-7-3-5-13-4-1-2-6-14(13)15/h1-2,4,6,8-10,15,18H,3,5,7,11,21H2. The van der Waals surface area contributed by atoms with Gasteiger partial charge in [0.1, 0.15) is 5.82 Å². The molecule has 2 aromatic rings. The van der Waals surface area contributed by atoms with E-state index in [0.717, 1.165) is 24.8 Å². The molecular weight excluding hydrogens is 329 g/mol. The van der Waals surface area contributed by atoms with Crippen LogP contribution in [0, 0.1) is 5.82 Å². The molecule has 0 aromatic heterocycles. The zero-order valence-corrected chi connectivity index (χ0v) is 13.4. The smallest absolute Gasteiger partial charge is 0.137 e. The van der Waals surface area contributed by atoms with E-state index >= 15 is 0 Å². The molecule has 0 bridgehead atoms. The molecule has 1 nitrogen and oxygen atoms in total. The van der Waals surface area contributed by atoms with Crippen molar-refractivity contribution in [3.05, 3.63) is 69.4 Å². The number of rotatable bonds is 3. The number of fused-ring (bicyclic) bond motifs is 1. The van der Waals surface area contributed by atoms with Gasteiger partial charge in [-0.2, -0.15) is 0 Å². The van der Waals surface area contributed by atoms with Gasteiger partial charge in [-0.3, -0.25) is 0 Å². The van der Waals surface area contributed by atoms with Gasteiger partial charge in [0.15, 0.2) is 0 Å². The summed E-state index contributed by atoms with van der Waals surface area (Å²) in [5.74, 6) is 0.175. The first-order valence-electron chi connectivity index (χ1n) is 7.42. The highest BCUT2D eigenvalue weighted by Crippen LogP contribution is 2.34. The van der Waals surface area contributed by atoms with E-state index in [4.69, 9.17) is 5.73 Å². The Morgan fingerprint density at radius 1 is 1.24 bits per heavy atom. The minimum absolute atomic E-state index is 0.0730. The van der Waals surface area contributed by atoms with Crippen LogP contribution in [0.25, 0.3) is 0 Å². The minimum atomic E-state index is -0.227. The van der Waals surface area contributed by atoms with Crippen molar-refractivity contribution in [3.63, 3.8) is 0 Å². The number of benzene rings is 2. The number of nitrogens with two attached hydrogens (primary N) is 1. The van der Waals surface area contributed by atoms with Crippen LogP contribution in [0.15, 0.2) is 46.9 Å². The predicted molar refractivity (Wildman–Crippen MR) is 87.9 cm³/mol. The average Bonchev–Trinajstić information content (AvgIpc) is 2.50. The van der Waals surface area contributed by atoms with E-state index in [-0.39, 0.29) is 11.9 Å². The first-order chi connectivity index (χ1) is 10.1. The quantitative estimate of drug-likeness (QED) is 0.863. The van der Waals surface area contributed by atoms with Crippen LogP contribution >= 0.6 is 15.9 Å². The second-order valence-corrected chi connectivity index (χ2v) is 6.67. The van der Waals surface area contributed by atoms with Gasteiger partial charge in [-0.1, -0.05) is 30.3 Å². The summed E-state index contributed by atoms with van der Waals surface area (Å²) in [4.78, 5) is 0. The summed E-state index contributed by atoms with van der Waals surface area (Å²) in [6.45, 7) is 0. The van der Waals surface area contributed by atoms with Gasteiger partial charge < -0.3 is 5.73 Å². The van der Waals surface area contributed by atoms with Crippen LogP contribution in [-0.4, -0.2) is 6.04 Å². The Kier molecular flexibility index (Phi) is 4.41. The number of halogens is 2. The van der Waals surface area contributed by atoms with Gasteiger partial charge in [0.2, 0.25) is 0 Å². The molecule has 2 aromatic carbocycles. The Morgan fingerprint density at radius 3 is 2.86 bits per heavy atom. The third-order valence-electron chi connectivity index (χ3n) is 4.39. The molecule has 0 fully saturated rings. The Labute approximate surface area is 133 Å². The van der Waals surface area contributed by atoms with Crippen LogP contribution in [0.1, 0.15) is 35.4 Å². The maximum atomic E-state index is 13.3. The minimum Gasteiger partial charge on any atom is -0.327 e. The number of aryl methyl sites for hydroxylation is 1. The molecule has 2 N–H and O–H groups in total. The Hall–Kier alpha value is -1.19. The van der Waals surface area contributed by atoms with Crippen LogP contribution in [0.4, 0.5) is 4.39 Å². The molecule has 0 amide bonds. The zero-order chi connectivity index (χ0) is 14.8. The summed E-state index contributed by atoms with van der Waals surface area (Å²) < 4.78 is 13.8. The zero-order valence-electron chi connectivity index (χ0n) is 11.9. The molecule has 1 aliphatic rings. The summed E-state index contributed by atoms with van der Waals surface area (Å²) in [5, 5.41) is 0. The van der Waals surface area contributed by atoms with Crippen molar-refractivity contribution >= 4 is 15.9 Å². The normalized spacial score (nSPS) is 19.1. The van der Waals surface area contributed by atoms with E-state index in [0.29, 0.717) is 10.4 Å². The van der Waals surface area contributed by atoms with Crippen molar-refractivity contribution in [1.82, 2.24) is 0 Å². The Balaban J connectivity index is 1.80. The third kappa shape index (κ3) is 3.19. The maximum absolute atomic E-state index is 13.3. The molecule has 3 heteroatoms. The van der Waals surface area contributed by atoms with Gasteiger partial charge in [-0.05, 0) is 76.4 Å². The Morgan fingerprint density at radius 2 is 2.05 bits per heavy atom. The van der Waals surface area contributed by atoms with E-state index in [1.165, 1.54) is 23.6 Å². The van der Waals surface area contributed by atoms with E-state index in [9.17, 15) is 4.39 Å². The topological polar surface area (TPSA) is 26.0 Å². The van der Waals surface area contributed by atoms with E-state index < -0.39 is 0 Å². The van der Waals surface area contributed by atoms with Crippen LogP contribution in [0.2, 0.25) is 0 Å². The van der Waals surface area contributed by atoms with Crippen LogP contribution in [0.3, 0.4) is 0 Å². The Bertz CT molecular complexity index is 641. The van der Waals surface area contributed by atoms with Gasteiger partial charge >= 0.3 is 0 Å². The molecule has 110 valence electrons. The SMILES string of the molecule is NC(Cc1ccc(F)c(Br)c1)C1CCCc2ccccc21. The molecule has 2 atom stereocenters. The number of hydrogen-bond donors (Lipinski definition) is 1. The van der Waals surface area contributed by atoms with Crippen molar-refractivity contribution in [2.75, 3.05) is 0 Å². The highest BCUT2D eigenvalue weighted by molar-refractivity contribution is 9.10. The fraction of sp³-hybridized carbons (Fsp3) is 0.333. The van der Waals surface area contributed by atoms with Crippen molar-refractivity contribution < 1.29 is 4.39 Å². The lowest BCUT2D eigenvalue weighted by Crippen LogP contribution is -2.33.